The summed E-state index contributed by atoms with van der Waals surface area (Å²) in [6.07, 6.45) is 1.39. The van der Waals surface area contributed by atoms with E-state index >= 15 is 0 Å². The highest BCUT2D eigenvalue weighted by Crippen LogP contribution is 2.33. The molecule has 0 bridgehead atoms. The molecule has 0 spiro atoms. The molecule has 0 unspecified atom stereocenters. The zero-order valence-electron chi connectivity index (χ0n) is 21.7. The van der Waals surface area contributed by atoms with Crippen molar-refractivity contribution in [3.63, 3.8) is 0 Å². The Bertz CT molecular complexity index is 1390. The van der Waals surface area contributed by atoms with E-state index in [-0.39, 0.29) is 24.1 Å². The van der Waals surface area contributed by atoms with Gasteiger partial charge in [-0.3, -0.25) is 14.5 Å². The summed E-state index contributed by atoms with van der Waals surface area (Å²) in [4.78, 5) is 29.6. The average Bonchev–Trinajstić information content (AvgIpc) is 3.30. The number of phenolic OH excluding ortho intramolecular Hbond substituents is 1. The number of aromatic nitrogens is 3. The van der Waals surface area contributed by atoms with Gasteiger partial charge < -0.3 is 10.4 Å². The minimum Gasteiger partial charge on any atom is -0.508 e. The van der Waals surface area contributed by atoms with Crippen molar-refractivity contribution in [1.29, 1.82) is 0 Å². The highest BCUT2D eigenvalue weighted by molar-refractivity contribution is 6.02. The summed E-state index contributed by atoms with van der Waals surface area (Å²) in [7, 11) is 0. The number of fused-ring (bicyclic) bond motifs is 1. The quantitative estimate of drug-likeness (QED) is 0.345. The Labute approximate surface area is 216 Å². The average molecular weight is 500 g/mol. The Morgan fingerprint density at radius 1 is 1.00 bits per heavy atom. The van der Waals surface area contributed by atoms with E-state index in [1.807, 2.05) is 76.2 Å². The molecule has 0 saturated carbocycles. The topological polar surface area (TPSA) is 100 Å². The smallest absolute Gasteiger partial charge is 0.249 e. The van der Waals surface area contributed by atoms with Crippen molar-refractivity contribution in [2.75, 3.05) is 4.90 Å². The van der Waals surface area contributed by atoms with Crippen molar-refractivity contribution in [3.05, 3.63) is 83.9 Å². The lowest BCUT2D eigenvalue weighted by atomic mass is 9.97. The van der Waals surface area contributed by atoms with Crippen molar-refractivity contribution in [1.82, 2.24) is 20.3 Å². The lowest BCUT2D eigenvalue weighted by Gasteiger charge is -2.35. The fourth-order valence-corrected chi connectivity index (χ4v) is 4.27. The maximum absolute atomic E-state index is 14.2. The molecular weight excluding hydrogens is 466 g/mol. The van der Waals surface area contributed by atoms with Gasteiger partial charge in [0.05, 0.1) is 5.52 Å². The van der Waals surface area contributed by atoms with E-state index in [1.165, 1.54) is 12.1 Å². The fourth-order valence-electron chi connectivity index (χ4n) is 4.27. The standard InChI is InChI=1S/C29H33N5O3/c1-5-20-11-7-9-13-24(20)34(26(36)19-33-25-14-10-8-12-23(25)31-32-33)27(21-15-17-22(35)18-16-21)28(37)30-29(3,4)6-2/h7-18,27,35H,5-6,19H2,1-4H3,(H,30,37)/t27-/m1/s1. The largest absolute Gasteiger partial charge is 0.508 e. The second-order valence-corrected chi connectivity index (χ2v) is 9.70. The van der Waals surface area contributed by atoms with Gasteiger partial charge in [0.1, 0.15) is 23.9 Å². The third-order valence-electron chi connectivity index (χ3n) is 6.67. The molecule has 2 amide bonds. The molecule has 8 nitrogen and oxygen atoms in total. The molecule has 0 aliphatic rings. The third kappa shape index (κ3) is 5.63. The molecule has 1 heterocycles. The zero-order valence-corrected chi connectivity index (χ0v) is 21.7. The van der Waals surface area contributed by atoms with Crippen LogP contribution in [0.4, 0.5) is 5.69 Å². The molecule has 0 saturated heterocycles. The number of carbonyl (C=O) groups excluding carboxylic acids is 2. The zero-order chi connectivity index (χ0) is 26.6. The number of rotatable bonds is 9. The number of carbonyl (C=O) groups is 2. The van der Waals surface area contributed by atoms with Gasteiger partial charge in [0.2, 0.25) is 11.8 Å². The predicted molar refractivity (Wildman–Crippen MR) is 144 cm³/mol. The first-order valence-electron chi connectivity index (χ1n) is 12.5. The van der Waals surface area contributed by atoms with E-state index in [9.17, 15) is 14.7 Å². The van der Waals surface area contributed by atoms with Crippen LogP contribution >= 0.6 is 0 Å². The maximum atomic E-state index is 14.2. The molecule has 0 aliphatic heterocycles. The van der Waals surface area contributed by atoms with Crippen molar-refractivity contribution >= 4 is 28.5 Å². The Kier molecular flexibility index (Phi) is 7.57. The van der Waals surface area contributed by atoms with E-state index in [0.717, 1.165) is 11.1 Å². The molecule has 2 N–H and O–H groups in total. The second kappa shape index (κ2) is 10.8. The van der Waals surface area contributed by atoms with Gasteiger partial charge in [-0.15, -0.1) is 5.10 Å². The van der Waals surface area contributed by atoms with Crippen molar-refractivity contribution in [3.8, 4) is 5.75 Å². The summed E-state index contributed by atoms with van der Waals surface area (Å²) in [5.41, 5.74) is 3.12. The summed E-state index contributed by atoms with van der Waals surface area (Å²) in [6.45, 7) is 7.82. The van der Waals surface area contributed by atoms with E-state index in [2.05, 4.69) is 15.6 Å². The van der Waals surface area contributed by atoms with Crippen LogP contribution in [0.3, 0.4) is 0 Å². The van der Waals surface area contributed by atoms with Crippen molar-refractivity contribution in [2.45, 2.75) is 58.7 Å². The third-order valence-corrected chi connectivity index (χ3v) is 6.67. The lowest BCUT2D eigenvalue weighted by Crippen LogP contribution is -2.51. The molecule has 3 aromatic carbocycles. The summed E-state index contributed by atoms with van der Waals surface area (Å²) in [5.74, 6) is -0.531. The minimum atomic E-state index is -0.971. The molecule has 1 atom stereocenters. The summed E-state index contributed by atoms with van der Waals surface area (Å²) in [6, 6.07) is 20.5. The van der Waals surface area contributed by atoms with E-state index in [4.69, 9.17) is 0 Å². The number of anilines is 1. The number of aryl methyl sites for hydroxylation is 1. The molecule has 192 valence electrons. The second-order valence-electron chi connectivity index (χ2n) is 9.70. The SMILES string of the molecule is CCc1ccccc1N(C(=O)Cn1nnc2ccccc21)[C@@H](C(=O)NC(C)(C)CC)c1ccc(O)cc1. The summed E-state index contributed by atoms with van der Waals surface area (Å²) < 4.78 is 1.56. The Morgan fingerprint density at radius 3 is 2.38 bits per heavy atom. The lowest BCUT2D eigenvalue weighted by molar-refractivity contribution is -0.128. The van der Waals surface area contributed by atoms with Crippen LogP contribution in [-0.4, -0.2) is 37.5 Å². The molecule has 4 aromatic rings. The molecule has 1 aromatic heterocycles. The van der Waals surface area contributed by atoms with Crippen LogP contribution < -0.4 is 10.2 Å². The van der Waals surface area contributed by atoms with Gasteiger partial charge in [0.25, 0.3) is 0 Å². The number of phenols is 1. The molecule has 8 heteroatoms. The van der Waals surface area contributed by atoms with Crippen molar-refractivity contribution in [2.24, 2.45) is 0 Å². The molecular formula is C29H33N5O3. The Balaban J connectivity index is 1.85. The van der Waals surface area contributed by atoms with Gasteiger partial charge in [-0.1, -0.05) is 61.5 Å². The van der Waals surface area contributed by atoms with Gasteiger partial charge in [0, 0.05) is 11.2 Å². The first kappa shape index (κ1) is 25.9. The fraction of sp³-hybridized carbons (Fsp3) is 0.310. The molecule has 37 heavy (non-hydrogen) atoms. The summed E-state index contributed by atoms with van der Waals surface area (Å²) in [5, 5.41) is 21.4. The number of hydrogen-bond donors (Lipinski definition) is 2. The highest BCUT2D eigenvalue weighted by atomic mass is 16.3. The van der Waals surface area contributed by atoms with Crippen LogP contribution in [-0.2, 0) is 22.6 Å². The van der Waals surface area contributed by atoms with E-state index in [0.29, 0.717) is 29.6 Å². The van der Waals surface area contributed by atoms with Gasteiger partial charge in [-0.25, -0.2) is 4.68 Å². The summed E-state index contributed by atoms with van der Waals surface area (Å²) >= 11 is 0. The normalized spacial score (nSPS) is 12.3. The van der Waals surface area contributed by atoms with Gasteiger partial charge in [-0.2, -0.15) is 0 Å². The Hall–Kier alpha value is -4.20. The first-order chi connectivity index (χ1) is 17.7. The van der Waals surface area contributed by atoms with Crippen LogP contribution in [0.25, 0.3) is 11.0 Å². The number of nitrogens with one attached hydrogen (secondary N) is 1. The number of aromatic hydroxyl groups is 1. The Morgan fingerprint density at radius 2 is 1.68 bits per heavy atom. The van der Waals surface area contributed by atoms with Gasteiger partial charge in [0.15, 0.2) is 0 Å². The molecule has 0 radical (unpaired) electrons. The number of nitrogens with zero attached hydrogens (tertiary/aromatic N) is 4. The number of amides is 2. The van der Waals surface area contributed by atoms with E-state index in [1.54, 1.807) is 21.7 Å². The van der Waals surface area contributed by atoms with E-state index < -0.39 is 11.6 Å². The van der Waals surface area contributed by atoms with Crippen molar-refractivity contribution < 1.29 is 14.7 Å². The predicted octanol–water partition coefficient (Wildman–Crippen LogP) is 4.78. The molecule has 0 fully saturated rings. The number of hydrogen-bond acceptors (Lipinski definition) is 5. The van der Waals surface area contributed by atoms with Crippen LogP contribution in [0.2, 0.25) is 0 Å². The highest BCUT2D eigenvalue weighted by Gasteiger charge is 2.36. The first-order valence-corrected chi connectivity index (χ1v) is 12.5. The minimum absolute atomic E-state index is 0.0812. The molecule has 0 aliphatic carbocycles. The van der Waals surface area contributed by atoms with Crippen LogP contribution in [0.15, 0.2) is 72.8 Å². The van der Waals surface area contributed by atoms with Crippen LogP contribution in [0.5, 0.6) is 5.75 Å². The van der Waals surface area contributed by atoms with Gasteiger partial charge in [-0.05, 0) is 68.1 Å². The molecule has 4 rings (SSSR count). The van der Waals surface area contributed by atoms with Crippen LogP contribution in [0, 0.1) is 0 Å². The maximum Gasteiger partial charge on any atom is 0.249 e. The van der Waals surface area contributed by atoms with Gasteiger partial charge >= 0.3 is 0 Å². The van der Waals surface area contributed by atoms with Crippen LogP contribution in [0.1, 0.15) is 51.3 Å². The monoisotopic (exact) mass is 499 g/mol. The number of para-hydroxylation sites is 2. The number of benzene rings is 3.